The zero-order valence-corrected chi connectivity index (χ0v) is 8.27. The minimum absolute atomic E-state index is 0.0309. The quantitative estimate of drug-likeness (QED) is 0.625. The van der Waals surface area contributed by atoms with Crippen LogP contribution in [0.25, 0.3) is 0 Å². The van der Waals surface area contributed by atoms with Gasteiger partial charge in [0.25, 0.3) is 0 Å². The van der Waals surface area contributed by atoms with Crippen LogP contribution in [0.2, 0.25) is 0 Å². The number of carbonyl (C=O) groups excluding carboxylic acids is 1. The van der Waals surface area contributed by atoms with Crippen molar-refractivity contribution in [2.75, 3.05) is 13.8 Å². The number of carbonyl (C=O) groups is 1. The van der Waals surface area contributed by atoms with Crippen molar-refractivity contribution in [3.8, 4) is 0 Å². The van der Waals surface area contributed by atoms with Crippen LogP contribution in [-0.4, -0.2) is 38.0 Å². The van der Waals surface area contributed by atoms with Crippen molar-refractivity contribution in [1.29, 1.82) is 0 Å². The molecule has 0 saturated carbocycles. The fourth-order valence-electron chi connectivity index (χ4n) is 1.37. The average molecular weight is 203 g/mol. The number of alkyl halides is 1. The third kappa shape index (κ3) is 2.29. The summed E-state index contributed by atoms with van der Waals surface area (Å²) >= 11 is 0. The van der Waals surface area contributed by atoms with E-state index in [-0.39, 0.29) is 17.9 Å². The first-order valence-electron chi connectivity index (χ1n) is 4.49. The molecule has 0 aromatic heterocycles. The highest BCUT2D eigenvalue weighted by Crippen LogP contribution is 2.22. The van der Waals surface area contributed by atoms with Gasteiger partial charge in [-0.3, -0.25) is 0 Å². The number of hydrogen-bond donors (Lipinski definition) is 0. The van der Waals surface area contributed by atoms with E-state index in [1.807, 2.05) is 6.92 Å². The van der Waals surface area contributed by atoms with Gasteiger partial charge in [0.15, 0.2) is 0 Å². The molecule has 1 rings (SSSR count). The number of oxime groups is 1. The summed E-state index contributed by atoms with van der Waals surface area (Å²) in [6, 6.07) is 0. The van der Waals surface area contributed by atoms with Crippen LogP contribution < -0.4 is 0 Å². The maximum absolute atomic E-state index is 12.3. The molecule has 1 heterocycles. The minimum Gasteiger partial charge on any atom is -0.391 e. The Balaban J connectivity index is 2.53. The van der Waals surface area contributed by atoms with Crippen LogP contribution in [0.4, 0.5) is 4.39 Å². The lowest BCUT2D eigenvalue weighted by molar-refractivity contribution is -0.112. The zero-order chi connectivity index (χ0) is 10.6. The summed E-state index contributed by atoms with van der Waals surface area (Å²) in [7, 11) is 1.58. The second-order valence-corrected chi connectivity index (χ2v) is 3.30. The summed E-state index contributed by atoms with van der Waals surface area (Å²) < 4.78 is 17.4. The van der Waals surface area contributed by atoms with Crippen molar-refractivity contribution in [2.24, 2.45) is 11.1 Å². The Hall–Kier alpha value is -0.970. The van der Waals surface area contributed by atoms with Gasteiger partial charge in [0, 0.05) is 13.5 Å². The Bertz CT molecular complexity index is 232. The summed E-state index contributed by atoms with van der Waals surface area (Å²) in [6.07, 6.45) is 0.801. The fraction of sp³-hybridized carbons (Fsp3) is 0.778. The molecule has 0 aromatic carbocycles. The predicted octanol–water partition coefficient (Wildman–Crippen LogP) is 0.951. The number of hydrogen-bond acceptors (Lipinski definition) is 4. The molecule has 0 saturated heterocycles. The molecule has 0 amide bonds. The third-order valence-corrected chi connectivity index (χ3v) is 2.34. The van der Waals surface area contributed by atoms with Crippen molar-refractivity contribution >= 4 is 12.0 Å². The van der Waals surface area contributed by atoms with E-state index in [1.165, 1.54) is 0 Å². The summed E-state index contributed by atoms with van der Waals surface area (Å²) in [5, 5.41) is 3.53. The number of ether oxygens (including phenoxy) is 1. The molecule has 0 aromatic rings. The number of nitrogens with zero attached hydrogens (tertiary/aromatic N) is 1. The highest BCUT2D eigenvalue weighted by atomic mass is 19.1. The molecule has 14 heavy (non-hydrogen) atoms. The monoisotopic (exact) mass is 203 g/mol. The van der Waals surface area contributed by atoms with E-state index in [0.29, 0.717) is 12.7 Å². The molecule has 0 unspecified atom stereocenters. The molecule has 0 spiro atoms. The molecule has 1 aliphatic heterocycles. The lowest BCUT2D eigenvalue weighted by Gasteiger charge is -2.16. The number of aldehydes is 1. The van der Waals surface area contributed by atoms with Gasteiger partial charge in [0.1, 0.15) is 24.8 Å². The Morgan fingerprint density at radius 1 is 1.79 bits per heavy atom. The van der Waals surface area contributed by atoms with Crippen LogP contribution in [0, 0.1) is 5.92 Å². The van der Waals surface area contributed by atoms with Gasteiger partial charge >= 0.3 is 0 Å². The lowest BCUT2D eigenvalue weighted by atomic mass is 9.96. The second-order valence-electron chi connectivity index (χ2n) is 3.30. The SMILES string of the molecule is CO[C@H](C)C[C@H]1ON=C(CF)[C@H]1C=O. The number of rotatable bonds is 5. The first-order valence-corrected chi connectivity index (χ1v) is 4.49. The van der Waals surface area contributed by atoms with Crippen molar-refractivity contribution < 1.29 is 18.8 Å². The summed E-state index contributed by atoms with van der Waals surface area (Å²) in [5.41, 5.74) is 0.174. The Kier molecular flexibility index (Phi) is 4.00. The first-order chi connectivity index (χ1) is 6.72. The molecule has 0 N–H and O–H groups in total. The molecular weight excluding hydrogens is 189 g/mol. The molecule has 4 nitrogen and oxygen atoms in total. The molecule has 5 heteroatoms. The van der Waals surface area contributed by atoms with Gasteiger partial charge in [-0.1, -0.05) is 5.16 Å². The van der Waals surface area contributed by atoms with E-state index < -0.39 is 12.6 Å². The second kappa shape index (κ2) is 5.05. The first kappa shape index (κ1) is 11.1. The summed E-state index contributed by atoms with van der Waals surface area (Å²) in [4.78, 5) is 15.7. The fourth-order valence-corrected chi connectivity index (χ4v) is 1.37. The number of methoxy groups -OCH3 is 1. The smallest absolute Gasteiger partial charge is 0.144 e. The Morgan fingerprint density at radius 2 is 2.50 bits per heavy atom. The maximum atomic E-state index is 12.3. The van der Waals surface area contributed by atoms with E-state index in [1.54, 1.807) is 7.11 Å². The van der Waals surface area contributed by atoms with Gasteiger partial charge in [-0.15, -0.1) is 0 Å². The topological polar surface area (TPSA) is 47.9 Å². The average Bonchev–Trinajstić information content (AvgIpc) is 2.59. The largest absolute Gasteiger partial charge is 0.391 e. The molecule has 0 radical (unpaired) electrons. The normalized spacial score (nSPS) is 28.1. The van der Waals surface area contributed by atoms with Crippen molar-refractivity contribution in [2.45, 2.75) is 25.6 Å². The van der Waals surface area contributed by atoms with Crippen LogP contribution in [0.15, 0.2) is 5.16 Å². The summed E-state index contributed by atoms with van der Waals surface area (Å²) in [5.74, 6) is -0.558. The van der Waals surface area contributed by atoms with Gasteiger partial charge < -0.3 is 14.4 Å². The Morgan fingerprint density at radius 3 is 3.00 bits per heavy atom. The van der Waals surface area contributed by atoms with Crippen LogP contribution in [-0.2, 0) is 14.4 Å². The third-order valence-electron chi connectivity index (χ3n) is 2.34. The van der Waals surface area contributed by atoms with E-state index >= 15 is 0 Å². The predicted molar refractivity (Wildman–Crippen MR) is 48.9 cm³/mol. The van der Waals surface area contributed by atoms with Crippen molar-refractivity contribution in [3.63, 3.8) is 0 Å². The summed E-state index contributed by atoms with van der Waals surface area (Å²) in [6.45, 7) is 1.12. The highest BCUT2D eigenvalue weighted by Gasteiger charge is 2.34. The molecule has 80 valence electrons. The minimum atomic E-state index is -0.735. The van der Waals surface area contributed by atoms with E-state index in [4.69, 9.17) is 9.57 Å². The van der Waals surface area contributed by atoms with Gasteiger partial charge in [-0.2, -0.15) is 0 Å². The molecule has 0 bridgehead atoms. The highest BCUT2D eigenvalue weighted by molar-refractivity contribution is 5.99. The molecule has 3 atom stereocenters. The molecule has 0 fully saturated rings. The Labute approximate surface area is 82.1 Å². The molecular formula is C9H14FNO3. The van der Waals surface area contributed by atoms with Gasteiger partial charge in [0.2, 0.25) is 0 Å². The van der Waals surface area contributed by atoms with E-state index in [9.17, 15) is 9.18 Å². The number of halogens is 1. The lowest BCUT2D eigenvalue weighted by Crippen LogP contribution is -2.29. The maximum Gasteiger partial charge on any atom is 0.144 e. The molecule has 1 aliphatic rings. The van der Waals surface area contributed by atoms with E-state index in [2.05, 4.69) is 5.16 Å². The van der Waals surface area contributed by atoms with Gasteiger partial charge in [-0.05, 0) is 6.92 Å². The standard InChI is InChI=1S/C9H14FNO3/c1-6(13-2)3-9-7(5-12)8(4-10)11-14-9/h5-7,9H,3-4H2,1-2H3/t6-,7-,9-/m1/s1. The van der Waals surface area contributed by atoms with Crippen LogP contribution in [0.5, 0.6) is 0 Å². The molecule has 0 aliphatic carbocycles. The van der Waals surface area contributed by atoms with Crippen molar-refractivity contribution in [3.05, 3.63) is 0 Å². The van der Waals surface area contributed by atoms with Crippen LogP contribution in [0.3, 0.4) is 0 Å². The van der Waals surface area contributed by atoms with Crippen LogP contribution in [0.1, 0.15) is 13.3 Å². The zero-order valence-electron chi connectivity index (χ0n) is 8.27. The van der Waals surface area contributed by atoms with E-state index in [0.717, 1.165) is 0 Å². The van der Waals surface area contributed by atoms with Crippen LogP contribution >= 0.6 is 0 Å². The van der Waals surface area contributed by atoms with Crippen molar-refractivity contribution in [1.82, 2.24) is 0 Å². The van der Waals surface area contributed by atoms with Gasteiger partial charge in [-0.25, -0.2) is 4.39 Å². The van der Waals surface area contributed by atoms with Gasteiger partial charge in [0.05, 0.1) is 12.0 Å².